The number of nitrogens with zero attached hydrogens (tertiary/aromatic N) is 6. The standard InChI is InChI=1S/C29H28F7N7O3/c1-17-23(40-46-39-17)41-11-13-42(14-12-41)24(44)21-15-18(3-8-22(21)29(34,35)36)16-43-25(45)27(38-26(43)37,9-2-10-28(31,32)33)19-4-6-20(30)7-5-19/h3-8,15H,2,9-14,16H2,1H3,(H2,37,38)/t27-/m1/s1. The molecule has 0 saturated carbocycles. The van der Waals surface area contributed by atoms with E-state index in [1.54, 1.807) is 11.8 Å². The van der Waals surface area contributed by atoms with Gasteiger partial charge in [0.2, 0.25) is 0 Å². The van der Waals surface area contributed by atoms with Crippen LogP contribution < -0.4 is 10.6 Å². The minimum Gasteiger partial charge on any atom is -0.369 e. The van der Waals surface area contributed by atoms with Crippen LogP contribution >= 0.6 is 0 Å². The Hall–Kier alpha value is -4.70. The van der Waals surface area contributed by atoms with Gasteiger partial charge in [-0.2, -0.15) is 26.3 Å². The average molecular weight is 656 g/mol. The molecule has 17 heteroatoms. The number of aromatic nitrogens is 2. The SMILES string of the molecule is Cc1nonc1N1CCN(C(=O)c2cc(CN3C(=O)[C@@](CCCC(F)(F)F)(c4ccc(F)cc4)N=C3N)ccc2C(F)(F)F)CC1. The normalized spacial score (nSPS) is 19.2. The summed E-state index contributed by atoms with van der Waals surface area (Å²) in [5.41, 5.74) is 3.06. The Morgan fingerprint density at radius 2 is 1.67 bits per heavy atom. The highest BCUT2D eigenvalue weighted by Crippen LogP contribution is 2.40. The molecule has 2 aromatic carbocycles. The molecule has 3 heterocycles. The number of anilines is 1. The first-order valence-corrected chi connectivity index (χ1v) is 14.1. The van der Waals surface area contributed by atoms with Gasteiger partial charge in [-0.15, -0.1) is 0 Å². The Balaban J connectivity index is 1.40. The predicted octanol–water partition coefficient (Wildman–Crippen LogP) is 4.78. The first kappa shape index (κ1) is 32.7. The van der Waals surface area contributed by atoms with Crippen molar-refractivity contribution in [1.29, 1.82) is 0 Å². The fraction of sp³-hybridized carbons (Fsp3) is 0.414. The minimum absolute atomic E-state index is 0.0784. The average Bonchev–Trinajstić information content (AvgIpc) is 3.52. The Kier molecular flexibility index (Phi) is 8.70. The molecule has 3 aromatic rings. The fourth-order valence-electron chi connectivity index (χ4n) is 5.65. The third-order valence-corrected chi connectivity index (χ3v) is 7.96. The van der Waals surface area contributed by atoms with Crippen molar-refractivity contribution in [2.75, 3.05) is 31.1 Å². The van der Waals surface area contributed by atoms with Crippen molar-refractivity contribution in [2.45, 2.75) is 50.6 Å². The molecule has 1 fully saturated rings. The van der Waals surface area contributed by atoms with E-state index < -0.39 is 72.5 Å². The monoisotopic (exact) mass is 655 g/mol. The number of rotatable bonds is 8. The molecule has 5 rings (SSSR count). The van der Waals surface area contributed by atoms with Crippen molar-refractivity contribution < 1.29 is 45.0 Å². The molecule has 0 radical (unpaired) electrons. The highest BCUT2D eigenvalue weighted by atomic mass is 19.4. The van der Waals surface area contributed by atoms with Crippen LogP contribution in [0.3, 0.4) is 0 Å². The van der Waals surface area contributed by atoms with Crippen LogP contribution in [0, 0.1) is 12.7 Å². The molecule has 1 saturated heterocycles. The van der Waals surface area contributed by atoms with Gasteiger partial charge in [0.1, 0.15) is 11.5 Å². The zero-order chi connectivity index (χ0) is 33.4. The van der Waals surface area contributed by atoms with E-state index in [2.05, 4.69) is 15.3 Å². The second-order valence-electron chi connectivity index (χ2n) is 11.0. The number of nitrogens with two attached hydrogens (primary N) is 1. The number of amides is 2. The van der Waals surface area contributed by atoms with Gasteiger partial charge >= 0.3 is 12.4 Å². The highest BCUT2D eigenvalue weighted by molar-refractivity contribution is 6.07. The van der Waals surface area contributed by atoms with Crippen LogP contribution in [0.25, 0.3) is 0 Å². The fourth-order valence-corrected chi connectivity index (χ4v) is 5.65. The van der Waals surface area contributed by atoms with E-state index in [0.717, 1.165) is 35.2 Å². The largest absolute Gasteiger partial charge is 0.417 e. The molecule has 0 bridgehead atoms. The molecule has 246 valence electrons. The topological polar surface area (TPSA) is 121 Å². The number of benzene rings is 2. The Morgan fingerprint density at radius 1 is 1.00 bits per heavy atom. The van der Waals surface area contributed by atoms with Gasteiger partial charge < -0.3 is 15.5 Å². The second-order valence-corrected chi connectivity index (χ2v) is 11.0. The first-order chi connectivity index (χ1) is 21.6. The van der Waals surface area contributed by atoms with Crippen molar-refractivity contribution in [2.24, 2.45) is 10.7 Å². The van der Waals surface area contributed by atoms with Crippen molar-refractivity contribution in [3.63, 3.8) is 0 Å². The maximum atomic E-state index is 14.0. The van der Waals surface area contributed by atoms with E-state index in [1.807, 2.05) is 0 Å². The molecule has 2 N–H and O–H groups in total. The summed E-state index contributed by atoms with van der Waals surface area (Å²) in [5, 5.41) is 7.53. The quantitative estimate of drug-likeness (QED) is 0.347. The number of halogens is 7. The van der Waals surface area contributed by atoms with E-state index >= 15 is 0 Å². The molecular weight excluding hydrogens is 627 g/mol. The van der Waals surface area contributed by atoms with Gasteiger partial charge in [0.05, 0.1) is 17.7 Å². The summed E-state index contributed by atoms with van der Waals surface area (Å²) in [5.74, 6) is -2.29. The zero-order valence-corrected chi connectivity index (χ0v) is 24.3. The van der Waals surface area contributed by atoms with Gasteiger partial charge in [-0.1, -0.05) is 23.4 Å². The van der Waals surface area contributed by atoms with Crippen LogP contribution in [0.15, 0.2) is 52.1 Å². The number of carbonyl (C=O) groups excluding carboxylic acids is 2. The molecule has 2 aliphatic rings. The summed E-state index contributed by atoms with van der Waals surface area (Å²) in [6, 6.07) is 7.32. The number of piperazine rings is 1. The third kappa shape index (κ3) is 6.62. The lowest BCUT2D eigenvalue weighted by molar-refractivity contribution is -0.139. The summed E-state index contributed by atoms with van der Waals surface area (Å²) < 4.78 is 99.4. The smallest absolute Gasteiger partial charge is 0.369 e. The van der Waals surface area contributed by atoms with Crippen molar-refractivity contribution >= 4 is 23.6 Å². The Morgan fingerprint density at radius 3 is 2.26 bits per heavy atom. The van der Waals surface area contributed by atoms with Gasteiger partial charge in [-0.05, 0) is 60.3 Å². The molecule has 0 unspecified atom stereocenters. The number of aryl methyl sites for hydroxylation is 1. The van der Waals surface area contributed by atoms with Gasteiger partial charge in [0.15, 0.2) is 17.3 Å². The predicted molar refractivity (Wildman–Crippen MR) is 149 cm³/mol. The lowest BCUT2D eigenvalue weighted by Gasteiger charge is -2.35. The number of aliphatic imine (C=N–C) groups is 1. The Bertz CT molecular complexity index is 1630. The van der Waals surface area contributed by atoms with Crippen LogP contribution in [-0.4, -0.2) is 70.2 Å². The van der Waals surface area contributed by atoms with Gasteiger partial charge in [0.25, 0.3) is 11.8 Å². The number of guanidine groups is 1. The first-order valence-electron chi connectivity index (χ1n) is 14.1. The van der Waals surface area contributed by atoms with E-state index in [1.165, 1.54) is 17.0 Å². The number of hydrogen-bond acceptors (Lipinski definition) is 8. The number of hydrogen-bond donors (Lipinski definition) is 1. The van der Waals surface area contributed by atoms with Crippen LogP contribution in [0.1, 0.15) is 52.0 Å². The minimum atomic E-state index is -4.88. The molecule has 0 aliphatic carbocycles. The highest BCUT2D eigenvalue weighted by Gasteiger charge is 2.49. The van der Waals surface area contributed by atoms with Crippen LogP contribution in [0.5, 0.6) is 0 Å². The van der Waals surface area contributed by atoms with Crippen LogP contribution in [-0.2, 0) is 23.1 Å². The van der Waals surface area contributed by atoms with Gasteiger partial charge in [-0.25, -0.2) is 14.0 Å². The lowest BCUT2D eigenvalue weighted by atomic mass is 9.84. The second kappa shape index (κ2) is 12.2. The van der Waals surface area contributed by atoms with E-state index in [9.17, 15) is 40.3 Å². The maximum absolute atomic E-state index is 14.0. The molecular formula is C29H28F7N7O3. The molecule has 46 heavy (non-hydrogen) atoms. The van der Waals surface area contributed by atoms with Gasteiger partial charge in [0, 0.05) is 32.6 Å². The van der Waals surface area contributed by atoms with Crippen molar-refractivity contribution in [1.82, 2.24) is 20.1 Å². The molecule has 0 spiro atoms. The summed E-state index contributed by atoms with van der Waals surface area (Å²) in [7, 11) is 0. The van der Waals surface area contributed by atoms with E-state index in [0.29, 0.717) is 11.5 Å². The van der Waals surface area contributed by atoms with E-state index in [4.69, 9.17) is 10.4 Å². The molecule has 2 aliphatic heterocycles. The Labute approximate surface area is 257 Å². The summed E-state index contributed by atoms with van der Waals surface area (Å²) in [6.07, 6.45) is -11.5. The lowest BCUT2D eigenvalue weighted by Crippen LogP contribution is -2.49. The number of carbonyl (C=O) groups is 2. The summed E-state index contributed by atoms with van der Waals surface area (Å²) in [4.78, 5) is 35.5. The zero-order valence-electron chi connectivity index (χ0n) is 24.3. The summed E-state index contributed by atoms with van der Waals surface area (Å²) in [6.45, 7) is 1.93. The number of alkyl halides is 6. The van der Waals surface area contributed by atoms with Crippen LogP contribution in [0.2, 0.25) is 0 Å². The van der Waals surface area contributed by atoms with E-state index in [-0.39, 0.29) is 43.3 Å². The van der Waals surface area contributed by atoms with Crippen molar-refractivity contribution in [3.8, 4) is 0 Å². The maximum Gasteiger partial charge on any atom is 0.417 e. The molecule has 1 aromatic heterocycles. The van der Waals surface area contributed by atoms with Crippen LogP contribution in [0.4, 0.5) is 36.6 Å². The molecule has 1 atom stereocenters. The third-order valence-electron chi connectivity index (χ3n) is 7.96. The molecule has 10 nitrogen and oxygen atoms in total. The van der Waals surface area contributed by atoms with Gasteiger partial charge in [-0.3, -0.25) is 14.5 Å². The van der Waals surface area contributed by atoms with Crippen molar-refractivity contribution in [3.05, 3.63) is 76.2 Å². The summed E-state index contributed by atoms with van der Waals surface area (Å²) >= 11 is 0. The molecule has 2 amide bonds.